The minimum absolute atomic E-state index is 0.0463. The monoisotopic (exact) mass is 405 g/mol. The number of likely N-dealkylation sites (tertiary alicyclic amines) is 1. The molecule has 27 heavy (non-hydrogen) atoms. The highest BCUT2D eigenvalue weighted by atomic mass is 32.2. The maximum Gasteiger partial charge on any atom is 0.223 e. The van der Waals surface area contributed by atoms with Crippen LogP contribution in [0.3, 0.4) is 0 Å². The van der Waals surface area contributed by atoms with Crippen molar-refractivity contribution in [2.45, 2.75) is 43.7 Å². The number of aryl methyl sites for hydroxylation is 1. The predicted molar refractivity (Wildman–Crippen MR) is 107 cm³/mol. The molecule has 1 fully saturated rings. The number of carbonyl (C=O) groups excluding carboxylic acids is 1. The van der Waals surface area contributed by atoms with E-state index in [1.165, 1.54) is 6.07 Å². The van der Waals surface area contributed by atoms with Crippen LogP contribution in [-0.2, 0) is 11.3 Å². The van der Waals surface area contributed by atoms with E-state index in [1.54, 1.807) is 29.2 Å². The Balaban J connectivity index is 1.32. The number of piperidine rings is 1. The molecule has 7 heteroatoms. The molecule has 1 N–H and O–H groups in total. The molecule has 1 atom stereocenters. The van der Waals surface area contributed by atoms with Gasteiger partial charge in [0.15, 0.2) is 0 Å². The van der Waals surface area contributed by atoms with E-state index >= 15 is 0 Å². The molecule has 3 heterocycles. The summed E-state index contributed by atoms with van der Waals surface area (Å²) in [4.78, 5) is 20.8. The molecule has 2 aliphatic heterocycles. The van der Waals surface area contributed by atoms with E-state index in [9.17, 15) is 9.18 Å². The van der Waals surface area contributed by atoms with Gasteiger partial charge in [-0.2, -0.15) is 0 Å². The largest absolute Gasteiger partial charge is 0.349 e. The highest BCUT2D eigenvalue weighted by molar-refractivity contribution is 7.99. The van der Waals surface area contributed by atoms with Gasteiger partial charge in [-0.15, -0.1) is 23.1 Å². The molecule has 0 saturated carbocycles. The van der Waals surface area contributed by atoms with Gasteiger partial charge < -0.3 is 5.32 Å². The summed E-state index contributed by atoms with van der Waals surface area (Å²) in [7, 11) is 0. The normalized spacial score (nSPS) is 21.0. The minimum atomic E-state index is -0.235. The SMILES string of the molecule is Cc1nc(CN2CCC(C(=O)NC3CCSc4ccc(F)cc43)CC2)cs1. The van der Waals surface area contributed by atoms with Crippen molar-refractivity contribution in [3.63, 3.8) is 0 Å². The first kappa shape index (κ1) is 18.9. The van der Waals surface area contributed by atoms with Crippen molar-refractivity contribution in [3.05, 3.63) is 45.7 Å². The first-order valence-corrected chi connectivity index (χ1v) is 11.3. The fraction of sp³-hybridized carbons (Fsp3) is 0.500. The number of aromatic nitrogens is 1. The summed E-state index contributed by atoms with van der Waals surface area (Å²) >= 11 is 3.42. The molecule has 144 valence electrons. The molecule has 1 amide bonds. The molecule has 1 unspecified atom stereocenters. The van der Waals surface area contributed by atoms with Gasteiger partial charge in [0, 0.05) is 28.5 Å². The molecular weight excluding hydrogens is 381 g/mol. The number of benzene rings is 1. The molecule has 2 aromatic rings. The third-order valence-electron chi connectivity index (χ3n) is 5.34. The topological polar surface area (TPSA) is 45.2 Å². The molecule has 4 rings (SSSR count). The van der Waals surface area contributed by atoms with E-state index in [0.717, 1.165) is 65.8 Å². The molecular formula is C20H24FN3OS2. The number of thioether (sulfide) groups is 1. The van der Waals surface area contributed by atoms with Gasteiger partial charge in [0.1, 0.15) is 5.82 Å². The number of hydrogen-bond donors (Lipinski definition) is 1. The Bertz CT molecular complexity index is 817. The van der Waals surface area contributed by atoms with Crippen LogP contribution in [0.25, 0.3) is 0 Å². The smallest absolute Gasteiger partial charge is 0.223 e. The molecule has 2 aliphatic rings. The van der Waals surface area contributed by atoms with E-state index in [2.05, 4.69) is 20.6 Å². The van der Waals surface area contributed by atoms with Crippen LogP contribution in [0.15, 0.2) is 28.5 Å². The second kappa shape index (κ2) is 8.29. The second-order valence-electron chi connectivity index (χ2n) is 7.29. The second-order valence-corrected chi connectivity index (χ2v) is 9.49. The summed E-state index contributed by atoms with van der Waals surface area (Å²) in [6.45, 7) is 4.73. The summed E-state index contributed by atoms with van der Waals surface area (Å²) in [6.07, 6.45) is 2.59. The molecule has 0 bridgehead atoms. The number of fused-ring (bicyclic) bond motifs is 1. The van der Waals surface area contributed by atoms with Gasteiger partial charge in [0.25, 0.3) is 0 Å². The Hall–Kier alpha value is -1.44. The molecule has 4 nitrogen and oxygen atoms in total. The number of halogens is 1. The van der Waals surface area contributed by atoms with Crippen LogP contribution in [0.1, 0.15) is 41.6 Å². The zero-order chi connectivity index (χ0) is 18.8. The van der Waals surface area contributed by atoms with Gasteiger partial charge in [-0.25, -0.2) is 9.37 Å². The molecule has 1 aromatic carbocycles. The van der Waals surface area contributed by atoms with Crippen molar-refractivity contribution in [3.8, 4) is 0 Å². The first-order valence-electron chi connectivity index (χ1n) is 9.44. The van der Waals surface area contributed by atoms with Crippen LogP contribution in [0, 0.1) is 18.7 Å². The van der Waals surface area contributed by atoms with Crippen molar-refractivity contribution in [1.29, 1.82) is 0 Å². The number of amides is 1. The van der Waals surface area contributed by atoms with Crippen LogP contribution >= 0.6 is 23.1 Å². The lowest BCUT2D eigenvalue weighted by atomic mass is 9.94. The summed E-state index contributed by atoms with van der Waals surface area (Å²) < 4.78 is 13.7. The van der Waals surface area contributed by atoms with Gasteiger partial charge in [0.2, 0.25) is 5.91 Å². The number of nitrogens with one attached hydrogen (secondary N) is 1. The van der Waals surface area contributed by atoms with Crippen LogP contribution in [0.4, 0.5) is 4.39 Å². The standard InChI is InChI=1S/C20H24FN3OS2/c1-13-22-16(12-27-13)11-24-7-4-14(5-8-24)20(25)23-18-6-9-26-19-3-2-15(21)10-17(18)19/h2-3,10,12,14,18H,4-9,11H2,1H3,(H,23,25). The molecule has 0 spiro atoms. The number of nitrogens with zero attached hydrogens (tertiary/aromatic N) is 2. The lowest BCUT2D eigenvalue weighted by Gasteiger charge is -2.32. The highest BCUT2D eigenvalue weighted by Crippen LogP contribution is 2.36. The van der Waals surface area contributed by atoms with E-state index in [-0.39, 0.29) is 23.7 Å². The van der Waals surface area contributed by atoms with Crippen molar-refractivity contribution in [2.24, 2.45) is 5.92 Å². The van der Waals surface area contributed by atoms with Crippen molar-refractivity contribution in [2.75, 3.05) is 18.8 Å². The third kappa shape index (κ3) is 4.52. The Morgan fingerprint density at radius 2 is 2.15 bits per heavy atom. The van der Waals surface area contributed by atoms with Crippen LogP contribution < -0.4 is 5.32 Å². The fourth-order valence-electron chi connectivity index (χ4n) is 3.87. The van der Waals surface area contributed by atoms with E-state index in [0.29, 0.717) is 0 Å². The Labute approximate surface area is 167 Å². The molecule has 0 aliphatic carbocycles. The zero-order valence-corrected chi connectivity index (χ0v) is 17.0. The Kier molecular flexibility index (Phi) is 5.80. The maximum atomic E-state index is 13.7. The Morgan fingerprint density at radius 1 is 1.33 bits per heavy atom. The number of hydrogen-bond acceptors (Lipinski definition) is 5. The van der Waals surface area contributed by atoms with Crippen LogP contribution in [-0.4, -0.2) is 34.6 Å². The number of thiazole rings is 1. The van der Waals surface area contributed by atoms with Crippen molar-refractivity contribution < 1.29 is 9.18 Å². The summed E-state index contributed by atoms with van der Waals surface area (Å²) in [5.74, 6) is 0.882. The molecule has 0 radical (unpaired) electrons. The minimum Gasteiger partial charge on any atom is -0.349 e. The van der Waals surface area contributed by atoms with Gasteiger partial charge in [-0.1, -0.05) is 0 Å². The van der Waals surface area contributed by atoms with E-state index in [4.69, 9.17) is 0 Å². The quantitative estimate of drug-likeness (QED) is 0.830. The van der Waals surface area contributed by atoms with E-state index in [1.807, 2.05) is 13.0 Å². The van der Waals surface area contributed by atoms with Crippen LogP contribution in [0.2, 0.25) is 0 Å². The van der Waals surface area contributed by atoms with Gasteiger partial charge >= 0.3 is 0 Å². The maximum absolute atomic E-state index is 13.7. The highest BCUT2D eigenvalue weighted by Gasteiger charge is 2.29. The van der Waals surface area contributed by atoms with Crippen molar-refractivity contribution in [1.82, 2.24) is 15.2 Å². The summed E-state index contributed by atoms with van der Waals surface area (Å²) in [5, 5.41) is 6.41. The number of carbonyl (C=O) groups is 1. The lowest BCUT2D eigenvalue weighted by molar-refractivity contribution is -0.127. The lowest BCUT2D eigenvalue weighted by Crippen LogP contribution is -2.41. The summed E-state index contributed by atoms with van der Waals surface area (Å²) in [5.41, 5.74) is 2.05. The van der Waals surface area contributed by atoms with Crippen LogP contribution in [0.5, 0.6) is 0 Å². The predicted octanol–water partition coefficient (Wildman–Crippen LogP) is 4.16. The van der Waals surface area contributed by atoms with Crippen molar-refractivity contribution >= 4 is 29.0 Å². The van der Waals surface area contributed by atoms with Gasteiger partial charge in [0.05, 0.1) is 16.7 Å². The Morgan fingerprint density at radius 3 is 2.89 bits per heavy atom. The molecule has 1 aromatic heterocycles. The average molecular weight is 406 g/mol. The third-order valence-corrected chi connectivity index (χ3v) is 7.28. The first-order chi connectivity index (χ1) is 13.1. The zero-order valence-electron chi connectivity index (χ0n) is 15.4. The average Bonchev–Trinajstić information content (AvgIpc) is 3.07. The fourth-order valence-corrected chi connectivity index (χ4v) is 5.58. The van der Waals surface area contributed by atoms with Gasteiger partial charge in [-0.3, -0.25) is 9.69 Å². The van der Waals surface area contributed by atoms with E-state index < -0.39 is 0 Å². The number of rotatable bonds is 4. The molecule has 1 saturated heterocycles. The van der Waals surface area contributed by atoms with Gasteiger partial charge in [-0.05, 0) is 63.0 Å². The summed E-state index contributed by atoms with van der Waals surface area (Å²) in [6, 6.07) is 4.83.